The van der Waals surface area contributed by atoms with Crippen LogP contribution in [-0.4, -0.2) is 6.36 Å². The van der Waals surface area contributed by atoms with Crippen LogP contribution in [0.1, 0.15) is 44.1 Å². The Morgan fingerprint density at radius 3 is 1.88 bits per heavy atom. The van der Waals surface area contributed by atoms with Crippen molar-refractivity contribution in [1.29, 1.82) is 0 Å². The monoisotopic (exact) mass is 370 g/mol. The Labute approximate surface area is 148 Å². The Balaban J connectivity index is 1.81. The van der Waals surface area contributed by atoms with Gasteiger partial charge in [0.25, 0.3) is 0 Å². The van der Waals surface area contributed by atoms with E-state index in [-0.39, 0.29) is 5.56 Å². The molecule has 1 saturated carbocycles. The predicted octanol–water partition coefficient (Wildman–Crippen LogP) is 6.82. The maximum atomic E-state index is 13.9. The number of ether oxygens (including phenoxy) is 1. The quantitative estimate of drug-likeness (QED) is 0.539. The summed E-state index contributed by atoms with van der Waals surface area (Å²) in [6.07, 6.45) is -0.546. The zero-order chi connectivity index (χ0) is 18.9. The van der Waals surface area contributed by atoms with Crippen molar-refractivity contribution in [1.82, 2.24) is 0 Å². The molecule has 0 radical (unpaired) electrons. The average molecular weight is 370 g/mol. The maximum Gasteiger partial charge on any atom is 0.573 e. The van der Waals surface area contributed by atoms with Crippen molar-refractivity contribution in [3.05, 3.63) is 53.6 Å². The van der Waals surface area contributed by atoms with E-state index in [9.17, 15) is 22.0 Å². The predicted molar refractivity (Wildman–Crippen MR) is 88.9 cm³/mol. The molecule has 0 bridgehead atoms. The second kappa shape index (κ2) is 7.25. The van der Waals surface area contributed by atoms with Gasteiger partial charge in [0.1, 0.15) is 0 Å². The molecule has 0 spiro atoms. The van der Waals surface area contributed by atoms with Gasteiger partial charge in [0.15, 0.2) is 11.6 Å². The molecule has 0 N–H and O–H groups in total. The summed E-state index contributed by atoms with van der Waals surface area (Å²) in [5.41, 5.74) is 1.88. The summed E-state index contributed by atoms with van der Waals surface area (Å²) < 4.78 is 67.8. The van der Waals surface area contributed by atoms with Crippen molar-refractivity contribution in [3.63, 3.8) is 0 Å². The normalized spacial score (nSPS) is 20.8. The smallest absolute Gasteiger partial charge is 0.399 e. The Bertz CT molecular complexity index is 736. The first-order chi connectivity index (χ1) is 12.2. The van der Waals surface area contributed by atoms with Gasteiger partial charge in [-0.1, -0.05) is 44.0 Å². The molecule has 2 aromatic carbocycles. The van der Waals surface area contributed by atoms with Crippen LogP contribution >= 0.6 is 0 Å². The van der Waals surface area contributed by atoms with Crippen molar-refractivity contribution in [2.45, 2.75) is 44.9 Å². The topological polar surface area (TPSA) is 9.23 Å². The summed E-state index contributed by atoms with van der Waals surface area (Å²) in [5.74, 6) is -2.98. The number of halogens is 5. The molecule has 0 heterocycles. The first-order valence-electron chi connectivity index (χ1n) is 8.58. The van der Waals surface area contributed by atoms with Crippen LogP contribution in [0.2, 0.25) is 0 Å². The van der Waals surface area contributed by atoms with Gasteiger partial charge in [0.05, 0.1) is 0 Å². The third-order valence-corrected chi connectivity index (χ3v) is 4.95. The number of rotatable bonds is 3. The van der Waals surface area contributed by atoms with Crippen LogP contribution in [0, 0.1) is 17.6 Å². The minimum atomic E-state index is -5.15. The van der Waals surface area contributed by atoms with E-state index in [2.05, 4.69) is 11.7 Å². The molecule has 0 amide bonds. The van der Waals surface area contributed by atoms with Crippen molar-refractivity contribution < 1.29 is 26.7 Å². The van der Waals surface area contributed by atoms with Crippen LogP contribution in [-0.2, 0) is 0 Å². The van der Waals surface area contributed by atoms with Gasteiger partial charge in [-0.3, -0.25) is 0 Å². The van der Waals surface area contributed by atoms with Gasteiger partial charge in [0, 0.05) is 0 Å². The number of hydrogen-bond acceptors (Lipinski definition) is 1. The third-order valence-electron chi connectivity index (χ3n) is 4.95. The van der Waals surface area contributed by atoms with Gasteiger partial charge < -0.3 is 4.74 Å². The fourth-order valence-electron chi connectivity index (χ4n) is 3.48. The van der Waals surface area contributed by atoms with Gasteiger partial charge in [-0.15, -0.1) is 13.2 Å². The standard InChI is InChI=1S/C20H19F5O/c1-12-2-4-13(5-3-12)14-6-8-15(9-7-14)16-10-17(21)19(18(22)11-16)26-20(23,24)25/h6-13H,2-5H2,1H3. The van der Waals surface area contributed by atoms with Crippen molar-refractivity contribution in [3.8, 4) is 16.9 Å². The van der Waals surface area contributed by atoms with E-state index in [1.807, 2.05) is 12.1 Å². The van der Waals surface area contributed by atoms with Gasteiger partial charge in [-0.25, -0.2) is 8.78 Å². The van der Waals surface area contributed by atoms with Crippen molar-refractivity contribution in [2.24, 2.45) is 5.92 Å². The van der Waals surface area contributed by atoms with Crippen LogP contribution in [0.3, 0.4) is 0 Å². The fourth-order valence-corrected chi connectivity index (χ4v) is 3.48. The van der Waals surface area contributed by atoms with Gasteiger partial charge in [-0.05, 0) is 53.5 Å². The average Bonchev–Trinajstić information content (AvgIpc) is 2.58. The largest absolute Gasteiger partial charge is 0.573 e. The summed E-state index contributed by atoms with van der Waals surface area (Å²) in [5, 5.41) is 0. The van der Waals surface area contributed by atoms with Crippen LogP contribution in [0.15, 0.2) is 36.4 Å². The van der Waals surface area contributed by atoms with Crippen molar-refractivity contribution in [2.75, 3.05) is 0 Å². The number of alkyl halides is 3. The van der Waals surface area contributed by atoms with Crippen LogP contribution < -0.4 is 4.74 Å². The molecular weight excluding hydrogens is 351 g/mol. The molecule has 0 saturated heterocycles. The molecule has 0 unspecified atom stereocenters. The first-order valence-corrected chi connectivity index (χ1v) is 8.58. The molecule has 3 rings (SSSR count). The van der Waals surface area contributed by atoms with Crippen LogP contribution in [0.5, 0.6) is 5.75 Å². The molecule has 1 fully saturated rings. The summed E-state index contributed by atoms with van der Waals surface area (Å²) in [6, 6.07) is 9.03. The molecule has 0 atom stereocenters. The highest BCUT2D eigenvalue weighted by atomic mass is 19.4. The van der Waals surface area contributed by atoms with Gasteiger partial charge in [0.2, 0.25) is 5.75 Å². The van der Waals surface area contributed by atoms with Gasteiger partial charge >= 0.3 is 6.36 Å². The lowest BCUT2D eigenvalue weighted by molar-refractivity contribution is -0.276. The second-order valence-electron chi connectivity index (χ2n) is 6.90. The number of benzene rings is 2. The summed E-state index contributed by atoms with van der Waals surface area (Å²) in [7, 11) is 0. The molecular formula is C20H19F5O. The lowest BCUT2D eigenvalue weighted by Crippen LogP contribution is -2.19. The van der Waals surface area contributed by atoms with E-state index in [0.717, 1.165) is 30.9 Å². The lowest BCUT2D eigenvalue weighted by atomic mass is 9.79. The molecule has 1 aliphatic carbocycles. The van der Waals surface area contributed by atoms with E-state index in [1.54, 1.807) is 12.1 Å². The zero-order valence-electron chi connectivity index (χ0n) is 14.2. The van der Waals surface area contributed by atoms with Crippen LogP contribution in [0.25, 0.3) is 11.1 Å². The Kier molecular flexibility index (Phi) is 5.21. The Morgan fingerprint density at radius 1 is 0.846 bits per heavy atom. The first kappa shape index (κ1) is 18.7. The molecule has 26 heavy (non-hydrogen) atoms. The SMILES string of the molecule is CC1CCC(c2ccc(-c3cc(F)c(OC(F)(F)F)c(F)c3)cc2)CC1. The maximum absolute atomic E-state index is 13.9. The van der Waals surface area contributed by atoms with Crippen molar-refractivity contribution >= 4 is 0 Å². The molecule has 0 aliphatic heterocycles. The second-order valence-corrected chi connectivity index (χ2v) is 6.90. The van der Waals surface area contributed by atoms with E-state index in [1.165, 1.54) is 18.4 Å². The zero-order valence-corrected chi connectivity index (χ0v) is 14.2. The van der Waals surface area contributed by atoms with E-state index in [4.69, 9.17) is 0 Å². The highest BCUT2D eigenvalue weighted by Crippen LogP contribution is 2.37. The Morgan fingerprint density at radius 2 is 1.38 bits per heavy atom. The molecule has 140 valence electrons. The summed E-state index contributed by atoms with van der Waals surface area (Å²) in [4.78, 5) is 0. The Hall–Kier alpha value is -2.11. The highest BCUT2D eigenvalue weighted by Gasteiger charge is 2.34. The molecule has 2 aromatic rings. The minimum Gasteiger partial charge on any atom is -0.399 e. The molecule has 6 heteroatoms. The third kappa shape index (κ3) is 4.34. The van der Waals surface area contributed by atoms with E-state index >= 15 is 0 Å². The van der Waals surface area contributed by atoms with E-state index in [0.29, 0.717) is 11.5 Å². The summed E-state index contributed by atoms with van der Waals surface area (Å²) in [6.45, 7) is 2.24. The fraction of sp³-hybridized carbons (Fsp3) is 0.400. The summed E-state index contributed by atoms with van der Waals surface area (Å²) >= 11 is 0. The van der Waals surface area contributed by atoms with E-state index < -0.39 is 23.7 Å². The van der Waals surface area contributed by atoms with Gasteiger partial charge in [-0.2, -0.15) is 0 Å². The minimum absolute atomic E-state index is 0.165. The number of hydrogen-bond donors (Lipinski definition) is 0. The molecule has 0 aromatic heterocycles. The highest BCUT2D eigenvalue weighted by molar-refractivity contribution is 5.65. The van der Waals surface area contributed by atoms with Crippen LogP contribution in [0.4, 0.5) is 22.0 Å². The lowest BCUT2D eigenvalue weighted by Gasteiger charge is -2.26. The molecule has 1 aliphatic rings. The molecule has 1 nitrogen and oxygen atoms in total.